The van der Waals surface area contributed by atoms with Gasteiger partial charge in [-0.05, 0) is 42.8 Å². The van der Waals surface area contributed by atoms with Crippen molar-refractivity contribution >= 4 is 21.7 Å². The van der Waals surface area contributed by atoms with Crippen LogP contribution < -0.4 is 4.90 Å². The van der Waals surface area contributed by atoms with Crippen molar-refractivity contribution in [3.63, 3.8) is 0 Å². The third-order valence-electron chi connectivity index (χ3n) is 2.40. The number of hydrogen-bond acceptors (Lipinski definition) is 3. The van der Waals surface area contributed by atoms with E-state index in [1.54, 1.807) is 20.8 Å². The molecule has 0 aliphatic heterocycles. The average molecular weight is 341 g/mol. The lowest BCUT2D eigenvalue weighted by Gasteiger charge is -2.30. The first-order chi connectivity index (χ1) is 8.54. The van der Waals surface area contributed by atoms with Crippen LogP contribution in [0.15, 0.2) is 16.7 Å². The van der Waals surface area contributed by atoms with Crippen LogP contribution in [0.4, 0.5) is 19.0 Å². The number of aliphatic hydroxyl groups is 1. The number of nitrogens with zero attached hydrogens (tertiary/aromatic N) is 2. The van der Waals surface area contributed by atoms with Crippen LogP contribution in [0.2, 0.25) is 0 Å². The van der Waals surface area contributed by atoms with Gasteiger partial charge in [-0.3, -0.25) is 0 Å². The molecule has 108 valence electrons. The number of hydrogen-bond donors (Lipinski definition) is 1. The molecular formula is C12H16BrF3N2O. The highest BCUT2D eigenvalue weighted by molar-refractivity contribution is 9.10. The van der Waals surface area contributed by atoms with E-state index in [0.29, 0.717) is 6.54 Å². The number of aromatic nitrogens is 1. The molecule has 0 unspecified atom stereocenters. The van der Waals surface area contributed by atoms with E-state index < -0.39 is 17.3 Å². The molecule has 1 aromatic rings. The van der Waals surface area contributed by atoms with Gasteiger partial charge in [0.1, 0.15) is 5.82 Å². The fourth-order valence-electron chi connectivity index (χ4n) is 1.70. The first-order valence-corrected chi connectivity index (χ1v) is 6.54. The van der Waals surface area contributed by atoms with E-state index >= 15 is 0 Å². The maximum atomic E-state index is 13.0. The van der Waals surface area contributed by atoms with Gasteiger partial charge in [-0.15, -0.1) is 0 Å². The predicted molar refractivity (Wildman–Crippen MR) is 71.1 cm³/mol. The van der Waals surface area contributed by atoms with Crippen LogP contribution in [0.1, 0.15) is 26.3 Å². The Labute approximate surface area is 118 Å². The van der Waals surface area contributed by atoms with Gasteiger partial charge in [-0.2, -0.15) is 13.2 Å². The molecule has 0 amide bonds. The largest absolute Gasteiger partial charge is 0.419 e. The second-order valence-electron chi connectivity index (χ2n) is 4.85. The first-order valence-electron chi connectivity index (χ1n) is 5.74. The molecule has 0 saturated heterocycles. The van der Waals surface area contributed by atoms with E-state index in [-0.39, 0.29) is 16.8 Å². The molecule has 0 aliphatic rings. The van der Waals surface area contributed by atoms with Crippen LogP contribution >= 0.6 is 15.9 Å². The predicted octanol–water partition coefficient (Wildman–Crippen LogP) is 3.46. The van der Waals surface area contributed by atoms with Crippen LogP contribution in [0, 0.1) is 0 Å². The van der Waals surface area contributed by atoms with Crippen LogP contribution in [0.5, 0.6) is 0 Å². The lowest BCUT2D eigenvalue weighted by molar-refractivity contribution is -0.137. The Kier molecular flexibility index (Phi) is 4.84. The van der Waals surface area contributed by atoms with Gasteiger partial charge in [0, 0.05) is 23.8 Å². The molecule has 0 bridgehead atoms. The summed E-state index contributed by atoms with van der Waals surface area (Å²) >= 11 is 2.99. The lowest BCUT2D eigenvalue weighted by Crippen LogP contribution is -2.40. The summed E-state index contributed by atoms with van der Waals surface area (Å²) in [7, 11) is 0. The summed E-state index contributed by atoms with van der Waals surface area (Å²) in [4.78, 5) is 5.26. The summed E-state index contributed by atoms with van der Waals surface area (Å²) in [6.45, 7) is 5.20. The highest BCUT2D eigenvalue weighted by atomic mass is 79.9. The minimum atomic E-state index is -4.49. The smallest absolute Gasteiger partial charge is 0.389 e. The molecule has 1 rings (SSSR count). The number of halogens is 4. The minimum Gasteiger partial charge on any atom is -0.389 e. The van der Waals surface area contributed by atoms with E-state index in [2.05, 4.69) is 20.9 Å². The molecule has 0 radical (unpaired) electrons. The Hall–Kier alpha value is -0.820. The number of pyridine rings is 1. The maximum Gasteiger partial charge on any atom is 0.419 e. The Bertz CT molecular complexity index is 444. The highest BCUT2D eigenvalue weighted by Gasteiger charge is 2.36. The molecule has 1 heterocycles. The third-order valence-corrected chi connectivity index (χ3v) is 2.83. The first kappa shape index (κ1) is 16.2. The number of anilines is 1. The second-order valence-corrected chi connectivity index (χ2v) is 5.76. The minimum absolute atomic E-state index is 0.0706. The fourth-order valence-corrected chi connectivity index (χ4v) is 2.03. The molecule has 0 aliphatic carbocycles. The zero-order valence-corrected chi connectivity index (χ0v) is 12.5. The molecule has 0 spiro atoms. The molecule has 7 heteroatoms. The van der Waals surface area contributed by atoms with Gasteiger partial charge in [0.15, 0.2) is 0 Å². The van der Waals surface area contributed by atoms with Gasteiger partial charge >= 0.3 is 6.18 Å². The summed E-state index contributed by atoms with van der Waals surface area (Å²) in [6, 6.07) is 0.995. The van der Waals surface area contributed by atoms with Crippen molar-refractivity contribution < 1.29 is 18.3 Å². The van der Waals surface area contributed by atoms with Gasteiger partial charge in [-0.25, -0.2) is 4.98 Å². The third kappa shape index (κ3) is 4.65. The van der Waals surface area contributed by atoms with Crippen molar-refractivity contribution in [1.82, 2.24) is 4.98 Å². The van der Waals surface area contributed by atoms with Gasteiger partial charge in [-0.1, -0.05) is 0 Å². The van der Waals surface area contributed by atoms with Crippen LogP contribution in [-0.2, 0) is 6.18 Å². The molecule has 1 N–H and O–H groups in total. The van der Waals surface area contributed by atoms with Crippen molar-refractivity contribution in [2.75, 3.05) is 18.0 Å². The van der Waals surface area contributed by atoms with E-state index in [1.807, 2.05) is 0 Å². The quantitative estimate of drug-likeness (QED) is 0.911. The second kappa shape index (κ2) is 5.66. The van der Waals surface area contributed by atoms with E-state index in [0.717, 1.165) is 6.07 Å². The SMILES string of the molecule is CCN(CC(C)(C)O)c1ncc(Br)cc1C(F)(F)F. The van der Waals surface area contributed by atoms with Crippen LogP contribution in [-0.4, -0.2) is 28.8 Å². The zero-order valence-electron chi connectivity index (χ0n) is 10.9. The molecular weight excluding hydrogens is 325 g/mol. The zero-order chi connectivity index (χ0) is 14.8. The van der Waals surface area contributed by atoms with Crippen molar-refractivity contribution in [1.29, 1.82) is 0 Å². The number of alkyl halides is 3. The normalized spacial score (nSPS) is 12.6. The van der Waals surface area contributed by atoms with Gasteiger partial charge in [0.25, 0.3) is 0 Å². The average Bonchev–Trinajstić information content (AvgIpc) is 2.23. The van der Waals surface area contributed by atoms with Gasteiger partial charge in [0.05, 0.1) is 11.2 Å². The molecule has 3 nitrogen and oxygen atoms in total. The summed E-state index contributed by atoms with van der Waals surface area (Å²) in [5.74, 6) is -0.166. The van der Waals surface area contributed by atoms with Crippen molar-refractivity contribution in [2.45, 2.75) is 32.5 Å². The topological polar surface area (TPSA) is 36.4 Å². The molecule has 0 fully saturated rings. The lowest BCUT2D eigenvalue weighted by atomic mass is 10.1. The van der Waals surface area contributed by atoms with E-state index in [9.17, 15) is 18.3 Å². The molecule has 0 atom stereocenters. The Morgan fingerprint density at radius 2 is 1.95 bits per heavy atom. The monoisotopic (exact) mass is 340 g/mol. The highest BCUT2D eigenvalue weighted by Crippen LogP contribution is 2.37. The summed E-state index contributed by atoms with van der Waals surface area (Å²) < 4.78 is 39.3. The Morgan fingerprint density at radius 3 is 2.37 bits per heavy atom. The Morgan fingerprint density at radius 1 is 1.37 bits per heavy atom. The maximum absolute atomic E-state index is 13.0. The van der Waals surface area contributed by atoms with Gasteiger partial charge < -0.3 is 10.0 Å². The molecule has 1 aromatic heterocycles. The van der Waals surface area contributed by atoms with Gasteiger partial charge in [0.2, 0.25) is 0 Å². The summed E-state index contributed by atoms with van der Waals surface area (Å²) in [5, 5.41) is 9.77. The fraction of sp³-hybridized carbons (Fsp3) is 0.583. The van der Waals surface area contributed by atoms with Crippen molar-refractivity contribution in [3.05, 3.63) is 22.3 Å². The molecule has 0 aromatic carbocycles. The van der Waals surface area contributed by atoms with Crippen molar-refractivity contribution in [2.24, 2.45) is 0 Å². The Balaban J connectivity index is 3.24. The van der Waals surface area contributed by atoms with Crippen molar-refractivity contribution in [3.8, 4) is 0 Å². The van der Waals surface area contributed by atoms with E-state index in [4.69, 9.17) is 0 Å². The van der Waals surface area contributed by atoms with Crippen LogP contribution in [0.3, 0.4) is 0 Å². The molecule has 19 heavy (non-hydrogen) atoms. The molecule has 0 saturated carbocycles. The summed E-state index contributed by atoms with van der Waals surface area (Å²) in [5.41, 5.74) is -1.92. The van der Waals surface area contributed by atoms with Crippen LogP contribution in [0.25, 0.3) is 0 Å². The summed E-state index contributed by atoms with van der Waals surface area (Å²) in [6.07, 6.45) is -3.17. The number of likely N-dealkylation sites (N-methyl/N-ethyl adjacent to an activating group) is 1. The number of rotatable bonds is 4. The van der Waals surface area contributed by atoms with E-state index in [1.165, 1.54) is 11.1 Å². The standard InChI is InChI=1S/C12H16BrF3N2O/c1-4-18(7-11(2,3)19)10-9(12(14,15)16)5-8(13)6-17-10/h5-6,19H,4,7H2,1-3H3.